The first kappa shape index (κ1) is 12.6. The van der Waals surface area contributed by atoms with Crippen molar-refractivity contribution in [3.05, 3.63) is 18.0 Å². The van der Waals surface area contributed by atoms with Gasteiger partial charge in [-0.15, -0.1) is 0 Å². The number of amides is 1. The molecule has 1 heterocycles. The SMILES string of the molecule is CC(=O)NC(C)c1cnc(S(C)(=O)=O)nc1. The number of hydrogen-bond acceptors (Lipinski definition) is 5. The third-order valence-corrected chi connectivity index (χ3v) is 2.77. The zero-order chi connectivity index (χ0) is 12.3. The summed E-state index contributed by atoms with van der Waals surface area (Å²) in [6.07, 6.45) is 3.83. The minimum Gasteiger partial charge on any atom is -0.350 e. The monoisotopic (exact) mass is 243 g/mol. The molecular weight excluding hydrogens is 230 g/mol. The van der Waals surface area contributed by atoms with Gasteiger partial charge >= 0.3 is 0 Å². The van der Waals surface area contributed by atoms with E-state index in [4.69, 9.17) is 0 Å². The summed E-state index contributed by atoms with van der Waals surface area (Å²) in [7, 11) is -3.38. The molecule has 0 saturated carbocycles. The summed E-state index contributed by atoms with van der Waals surface area (Å²) >= 11 is 0. The summed E-state index contributed by atoms with van der Waals surface area (Å²) in [6.45, 7) is 3.17. The highest BCUT2D eigenvalue weighted by atomic mass is 32.2. The molecule has 0 fully saturated rings. The predicted octanol–water partition coefficient (Wildman–Crippen LogP) is 0.0772. The van der Waals surface area contributed by atoms with Crippen LogP contribution >= 0.6 is 0 Å². The Hall–Kier alpha value is -1.50. The fraction of sp³-hybridized carbons (Fsp3) is 0.444. The fourth-order valence-electron chi connectivity index (χ4n) is 1.13. The molecule has 6 nitrogen and oxygen atoms in total. The number of rotatable bonds is 3. The average Bonchev–Trinajstić information content (AvgIpc) is 2.15. The molecular formula is C9H13N3O3S. The number of nitrogens with one attached hydrogen (secondary N) is 1. The van der Waals surface area contributed by atoms with E-state index >= 15 is 0 Å². The van der Waals surface area contributed by atoms with Crippen LogP contribution < -0.4 is 5.32 Å². The van der Waals surface area contributed by atoms with Crippen LogP contribution in [-0.2, 0) is 14.6 Å². The lowest BCUT2D eigenvalue weighted by atomic mass is 10.2. The molecule has 16 heavy (non-hydrogen) atoms. The molecule has 1 atom stereocenters. The molecule has 0 bridgehead atoms. The van der Waals surface area contributed by atoms with Gasteiger partial charge in [-0.2, -0.15) is 0 Å². The van der Waals surface area contributed by atoms with Gasteiger partial charge in [-0.1, -0.05) is 0 Å². The van der Waals surface area contributed by atoms with E-state index in [-0.39, 0.29) is 17.1 Å². The van der Waals surface area contributed by atoms with Gasteiger partial charge in [0.25, 0.3) is 0 Å². The number of aromatic nitrogens is 2. The highest BCUT2D eigenvalue weighted by Gasteiger charge is 2.12. The fourth-order valence-corrected chi connectivity index (χ4v) is 1.62. The van der Waals surface area contributed by atoms with Gasteiger partial charge in [-0.3, -0.25) is 4.79 Å². The Morgan fingerprint density at radius 1 is 1.38 bits per heavy atom. The van der Waals surface area contributed by atoms with Gasteiger partial charge in [-0.05, 0) is 6.92 Å². The number of carbonyl (C=O) groups is 1. The number of sulfone groups is 1. The standard InChI is InChI=1S/C9H13N3O3S/c1-6(12-7(2)13)8-4-10-9(11-5-8)16(3,14)15/h4-6H,1-3H3,(H,12,13). The van der Waals surface area contributed by atoms with Crippen molar-refractivity contribution in [2.24, 2.45) is 0 Å². The lowest BCUT2D eigenvalue weighted by Crippen LogP contribution is -2.24. The van der Waals surface area contributed by atoms with Crippen LogP contribution in [0.3, 0.4) is 0 Å². The van der Waals surface area contributed by atoms with Crippen LogP contribution in [0.25, 0.3) is 0 Å². The van der Waals surface area contributed by atoms with E-state index in [1.165, 1.54) is 19.3 Å². The third kappa shape index (κ3) is 3.27. The molecule has 0 aliphatic heterocycles. The normalized spacial score (nSPS) is 13.2. The van der Waals surface area contributed by atoms with Crippen molar-refractivity contribution in [1.29, 1.82) is 0 Å². The summed E-state index contributed by atoms with van der Waals surface area (Å²) in [5.41, 5.74) is 0.655. The van der Waals surface area contributed by atoms with E-state index < -0.39 is 9.84 Å². The van der Waals surface area contributed by atoms with E-state index in [0.29, 0.717) is 5.56 Å². The summed E-state index contributed by atoms with van der Waals surface area (Å²) in [4.78, 5) is 18.3. The Labute approximate surface area is 94.0 Å². The highest BCUT2D eigenvalue weighted by molar-refractivity contribution is 7.90. The summed E-state index contributed by atoms with van der Waals surface area (Å²) < 4.78 is 22.2. The van der Waals surface area contributed by atoms with Gasteiger partial charge in [0.2, 0.25) is 20.9 Å². The number of hydrogen-bond donors (Lipinski definition) is 1. The molecule has 7 heteroatoms. The quantitative estimate of drug-likeness (QED) is 0.759. The maximum atomic E-state index is 11.1. The second-order valence-electron chi connectivity index (χ2n) is 3.49. The van der Waals surface area contributed by atoms with Crippen molar-refractivity contribution in [2.45, 2.75) is 25.0 Å². The predicted molar refractivity (Wildman–Crippen MR) is 57.4 cm³/mol. The molecule has 0 radical (unpaired) electrons. The van der Waals surface area contributed by atoms with Crippen molar-refractivity contribution in [3.63, 3.8) is 0 Å². The van der Waals surface area contributed by atoms with Crippen LogP contribution in [0, 0.1) is 0 Å². The molecule has 1 aromatic heterocycles. The molecule has 1 aromatic rings. The van der Waals surface area contributed by atoms with Crippen LogP contribution in [0.1, 0.15) is 25.5 Å². The molecule has 0 spiro atoms. The molecule has 0 aliphatic rings. The topological polar surface area (TPSA) is 89.0 Å². The van der Waals surface area contributed by atoms with Crippen molar-refractivity contribution in [2.75, 3.05) is 6.26 Å². The maximum Gasteiger partial charge on any atom is 0.246 e. The Kier molecular flexibility index (Phi) is 3.58. The number of nitrogens with zero attached hydrogens (tertiary/aromatic N) is 2. The Balaban J connectivity index is 2.91. The second-order valence-corrected chi connectivity index (χ2v) is 5.40. The maximum absolute atomic E-state index is 11.1. The van der Waals surface area contributed by atoms with Crippen molar-refractivity contribution in [3.8, 4) is 0 Å². The Bertz CT molecular complexity index is 481. The Morgan fingerprint density at radius 2 is 1.88 bits per heavy atom. The van der Waals surface area contributed by atoms with Gasteiger partial charge in [0.05, 0.1) is 6.04 Å². The summed E-state index contributed by atoms with van der Waals surface area (Å²) in [5.74, 6) is -0.167. The molecule has 88 valence electrons. The zero-order valence-corrected chi connectivity index (χ0v) is 10.1. The molecule has 1 N–H and O–H groups in total. The van der Waals surface area contributed by atoms with Crippen molar-refractivity contribution < 1.29 is 13.2 Å². The lowest BCUT2D eigenvalue weighted by Gasteiger charge is -2.11. The molecule has 0 aromatic carbocycles. The lowest BCUT2D eigenvalue weighted by molar-refractivity contribution is -0.119. The minimum absolute atomic E-state index is 0.167. The van der Waals surface area contributed by atoms with Crippen LogP contribution in [0.2, 0.25) is 0 Å². The molecule has 1 rings (SSSR count). The van der Waals surface area contributed by atoms with E-state index in [1.807, 2.05) is 0 Å². The van der Waals surface area contributed by atoms with E-state index in [0.717, 1.165) is 6.26 Å². The zero-order valence-electron chi connectivity index (χ0n) is 9.26. The van der Waals surface area contributed by atoms with Gasteiger partial charge < -0.3 is 5.32 Å². The van der Waals surface area contributed by atoms with Crippen LogP contribution in [0.15, 0.2) is 17.6 Å². The largest absolute Gasteiger partial charge is 0.350 e. The first-order valence-corrected chi connectivity index (χ1v) is 6.49. The molecule has 0 saturated heterocycles. The van der Waals surface area contributed by atoms with E-state index in [2.05, 4.69) is 15.3 Å². The molecule has 0 aliphatic carbocycles. The molecule has 1 amide bonds. The van der Waals surface area contributed by atoms with E-state index in [1.54, 1.807) is 6.92 Å². The smallest absolute Gasteiger partial charge is 0.246 e. The van der Waals surface area contributed by atoms with Gasteiger partial charge in [0.1, 0.15) is 0 Å². The van der Waals surface area contributed by atoms with Gasteiger partial charge in [0, 0.05) is 31.1 Å². The Morgan fingerprint density at radius 3 is 2.25 bits per heavy atom. The first-order chi connectivity index (χ1) is 7.30. The second kappa shape index (κ2) is 4.56. The van der Waals surface area contributed by atoms with Crippen LogP contribution in [0.5, 0.6) is 0 Å². The first-order valence-electron chi connectivity index (χ1n) is 4.60. The highest BCUT2D eigenvalue weighted by Crippen LogP contribution is 2.10. The molecule has 1 unspecified atom stereocenters. The van der Waals surface area contributed by atoms with E-state index in [9.17, 15) is 13.2 Å². The minimum atomic E-state index is -3.38. The average molecular weight is 243 g/mol. The van der Waals surface area contributed by atoms with Crippen molar-refractivity contribution in [1.82, 2.24) is 15.3 Å². The summed E-state index contributed by atoms with van der Waals surface area (Å²) in [6, 6.07) is -0.244. The van der Waals surface area contributed by atoms with Crippen LogP contribution in [-0.4, -0.2) is 30.5 Å². The third-order valence-electron chi connectivity index (χ3n) is 1.90. The van der Waals surface area contributed by atoms with Crippen molar-refractivity contribution >= 4 is 15.7 Å². The van der Waals surface area contributed by atoms with Gasteiger partial charge in [-0.25, -0.2) is 18.4 Å². The number of carbonyl (C=O) groups excluding carboxylic acids is 1. The van der Waals surface area contributed by atoms with Gasteiger partial charge in [0.15, 0.2) is 0 Å². The van der Waals surface area contributed by atoms with Crippen LogP contribution in [0.4, 0.5) is 0 Å². The summed E-state index contributed by atoms with van der Waals surface area (Å²) in [5, 5.41) is 2.43.